The maximum absolute atomic E-state index is 12.4. The lowest BCUT2D eigenvalue weighted by Crippen LogP contribution is -2.25. The van der Waals surface area contributed by atoms with Crippen molar-refractivity contribution in [2.24, 2.45) is 5.73 Å². The normalized spacial score (nSPS) is 12.7. The Balaban J connectivity index is 2.36. The van der Waals surface area contributed by atoms with E-state index in [1.54, 1.807) is 0 Å². The first kappa shape index (κ1) is 15.3. The van der Waals surface area contributed by atoms with E-state index in [4.69, 9.17) is 16.2 Å². The summed E-state index contributed by atoms with van der Waals surface area (Å²) in [7, 11) is 1.37. The van der Waals surface area contributed by atoms with Gasteiger partial charge in [-0.15, -0.1) is 0 Å². The van der Waals surface area contributed by atoms with Gasteiger partial charge in [0, 0.05) is 11.6 Å². The van der Waals surface area contributed by atoms with E-state index < -0.39 is 23.3 Å². The first-order chi connectivity index (χ1) is 11.3. The number of imide groups is 1. The summed E-state index contributed by atoms with van der Waals surface area (Å²) in [6.07, 6.45) is 0. The number of pyridine rings is 1. The molecule has 0 atom stereocenters. The van der Waals surface area contributed by atoms with Crippen molar-refractivity contribution in [2.45, 2.75) is 0 Å². The monoisotopic (exact) mass is 328 g/mol. The Morgan fingerprint density at radius 3 is 2.50 bits per heavy atom. The van der Waals surface area contributed by atoms with Crippen LogP contribution in [-0.4, -0.2) is 29.4 Å². The first-order valence-electron chi connectivity index (χ1n) is 6.74. The molecular formula is C15H12N4O5. The number of carbonyl (C=O) groups is 3. The number of anilines is 1. The maximum Gasteiger partial charge on any atom is 0.262 e. The number of nitrogens with zero attached hydrogens (tertiary/aromatic N) is 1. The highest BCUT2D eigenvalue weighted by Crippen LogP contribution is 2.28. The molecular weight excluding hydrogens is 316 g/mol. The molecule has 1 aliphatic rings. The fourth-order valence-corrected chi connectivity index (χ4v) is 2.55. The van der Waals surface area contributed by atoms with Gasteiger partial charge in [0.15, 0.2) is 0 Å². The molecule has 5 N–H and O–H groups in total. The van der Waals surface area contributed by atoms with E-state index in [0.717, 1.165) is 10.6 Å². The second kappa shape index (κ2) is 5.23. The summed E-state index contributed by atoms with van der Waals surface area (Å²) in [6.45, 7) is 0. The van der Waals surface area contributed by atoms with E-state index in [1.807, 2.05) is 0 Å². The summed E-state index contributed by atoms with van der Waals surface area (Å²) >= 11 is 0. The summed E-state index contributed by atoms with van der Waals surface area (Å²) in [6, 6.07) is 5.19. The van der Waals surface area contributed by atoms with Gasteiger partial charge in [0.2, 0.25) is 5.91 Å². The number of primary amides is 1. The van der Waals surface area contributed by atoms with Crippen LogP contribution in [0, 0.1) is 0 Å². The lowest BCUT2D eigenvalue weighted by Gasteiger charge is -2.15. The largest absolute Gasteiger partial charge is 0.495 e. The summed E-state index contributed by atoms with van der Waals surface area (Å²) in [5.74, 6) is -2.10. The Kier molecular flexibility index (Phi) is 3.33. The highest BCUT2D eigenvalue weighted by Gasteiger charge is 2.32. The van der Waals surface area contributed by atoms with Gasteiger partial charge in [0.1, 0.15) is 11.6 Å². The Labute approximate surface area is 134 Å². The van der Waals surface area contributed by atoms with Crippen molar-refractivity contribution in [2.75, 3.05) is 12.8 Å². The third kappa shape index (κ3) is 2.10. The predicted molar refractivity (Wildman–Crippen MR) is 83.3 cm³/mol. The second-order valence-corrected chi connectivity index (χ2v) is 5.03. The average molecular weight is 328 g/mol. The molecule has 9 nitrogen and oxygen atoms in total. The van der Waals surface area contributed by atoms with Crippen molar-refractivity contribution >= 4 is 23.5 Å². The lowest BCUT2D eigenvalue weighted by atomic mass is 10.1. The number of benzene rings is 1. The Hall–Kier alpha value is -3.62. The van der Waals surface area contributed by atoms with Crippen molar-refractivity contribution in [3.8, 4) is 11.4 Å². The topological polar surface area (TPSA) is 147 Å². The van der Waals surface area contributed by atoms with E-state index in [9.17, 15) is 19.2 Å². The van der Waals surface area contributed by atoms with E-state index in [1.165, 1.54) is 25.3 Å². The number of nitrogens with two attached hydrogens (primary N) is 2. The number of hydrogen-bond acceptors (Lipinski definition) is 6. The van der Waals surface area contributed by atoms with Gasteiger partial charge in [-0.05, 0) is 18.2 Å². The number of aromatic nitrogens is 1. The maximum atomic E-state index is 12.4. The number of amides is 3. The van der Waals surface area contributed by atoms with Gasteiger partial charge < -0.3 is 16.2 Å². The molecule has 1 aromatic heterocycles. The Morgan fingerprint density at radius 2 is 1.88 bits per heavy atom. The molecule has 1 aromatic carbocycles. The van der Waals surface area contributed by atoms with E-state index >= 15 is 0 Å². The minimum absolute atomic E-state index is 0.0937. The third-order valence-electron chi connectivity index (χ3n) is 3.66. The van der Waals surface area contributed by atoms with Crippen LogP contribution < -0.4 is 27.1 Å². The molecule has 0 unspecified atom stereocenters. The smallest absolute Gasteiger partial charge is 0.262 e. The number of rotatable bonds is 3. The van der Waals surface area contributed by atoms with E-state index in [0.29, 0.717) is 0 Å². The first-order valence-corrected chi connectivity index (χ1v) is 6.74. The fraction of sp³-hybridized carbons (Fsp3) is 0.0667. The lowest BCUT2D eigenvalue weighted by molar-refractivity contribution is 0.0878. The molecule has 0 aliphatic carbocycles. The van der Waals surface area contributed by atoms with Crippen LogP contribution in [0.3, 0.4) is 0 Å². The number of fused-ring (bicyclic) bond motifs is 1. The molecule has 2 heterocycles. The molecule has 0 spiro atoms. The third-order valence-corrected chi connectivity index (χ3v) is 3.66. The van der Waals surface area contributed by atoms with E-state index in [-0.39, 0.29) is 33.9 Å². The highest BCUT2D eigenvalue weighted by atomic mass is 16.5. The number of nitrogen functional groups attached to an aromatic ring is 1. The van der Waals surface area contributed by atoms with Gasteiger partial charge in [0.25, 0.3) is 17.4 Å². The number of methoxy groups -OCH3 is 1. The molecule has 122 valence electrons. The molecule has 0 saturated heterocycles. The van der Waals surface area contributed by atoms with Gasteiger partial charge in [0.05, 0.1) is 23.9 Å². The van der Waals surface area contributed by atoms with Crippen LogP contribution in [0.4, 0.5) is 5.82 Å². The Morgan fingerprint density at radius 1 is 1.17 bits per heavy atom. The molecule has 1 aliphatic heterocycles. The van der Waals surface area contributed by atoms with Crippen LogP contribution in [0.5, 0.6) is 5.75 Å². The van der Waals surface area contributed by atoms with Crippen LogP contribution in [-0.2, 0) is 0 Å². The minimum Gasteiger partial charge on any atom is -0.495 e. The van der Waals surface area contributed by atoms with Crippen LogP contribution in [0.25, 0.3) is 5.69 Å². The van der Waals surface area contributed by atoms with Crippen molar-refractivity contribution in [3.63, 3.8) is 0 Å². The van der Waals surface area contributed by atoms with Crippen LogP contribution >= 0.6 is 0 Å². The molecule has 9 heteroatoms. The molecule has 0 fully saturated rings. The van der Waals surface area contributed by atoms with Crippen LogP contribution in [0.1, 0.15) is 31.1 Å². The van der Waals surface area contributed by atoms with Crippen LogP contribution in [0.2, 0.25) is 0 Å². The zero-order valence-corrected chi connectivity index (χ0v) is 12.5. The van der Waals surface area contributed by atoms with Gasteiger partial charge in [-0.1, -0.05) is 0 Å². The minimum atomic E-state index is -0.709. The standard InChI is InChI=1S/C15H12N4O5/c1-24-9-3-2-6(13(17)21)4-8(9)19-10(20)5-7-11(12(19)16)15(23)18-14(7)22/h2-5H,16H2,1H3,(H2,17,21)(H,18,22,23). The van der Waals surface area contributed by atoms with Crippen molar-refractivity contribution < 1.29 is 19.1 Å². The van der Waals surface area contributed by atoms with Crippen molar-refractivity contribution in [1.82, 2.24) is 9.88 Å². The number of hydrogen-bond donors (Lipinski definition) is 3. The van der Waals surface area contributed by atoms with Gasteiger partial charge in [-0.2, -0.15) is 0 Å². The molecule has 3 rings (SSSR count). The highest BCUT2D eigenvalue weighted by molar-refractivity contribution is 6.23. The number of ether oxygens (including phenoxy) is 1. The van der Waals surface area contributed by atoms with E-state index in [2.05, 4.69) is 5.32 Å². The summed E-state index contributed by atoms with van der Waals surface area (Å²) in [5, 5.41) is 2.07. The van der Waals surface area contributed by atoms with Crippen LogP contribution in [0.15, 0.2) is 29.1 Å². The second-order valence-electron chi connectivity index (χ2n) is 5.03. The molecule has 0 saturated carbocycles. The Bertz CT molecular complexity index is 977. The zero-order valence-electron chi connectivity index (χ0n) is 12.5. The molecule has 24 heavy (non-hydrogen) atoms. The molecule has 3 amide bonds. The summed E-state index contributed by atoms with van der Waals surface area (Å²) in [5.41, 5.74) is 10.6. The molecule has 0 radical (unpaired) electrons. The van der Waals surface area contributed by atoms with Gasteiger partial charge in [-0.3, -0.25) is 29.1 Å². The SMILES string of the molecule is COc1ccc(C(N)=O)cc1-n1c(N)c2c(cc1=O)C(=O)NC2=O. The predicted octanol–water partition coefficient (Wildman–Crippen LogP) is -0.589. The van der Waals surface area contributed by atoms with Crippen molar-refractivity contribution in [1.29, 1.82) is 0 Å². The fourth-order valence-electron chi connectivity index (χ4n) is 2.55. The number of nitrogens with one attached hydrogen (secondary N) is 1. The zero-order chi connectivity index (χ0) is 17.6. The molecule has 2 aromatic rings. The quantitative estimate of drug-likeness (QED) is 0.642. The molecule has 0 bridgehead atoms. The van der Waals surface area contributed by atoms with Gasteiger partial charge >= 0.3 is 0 Å². The van der Waals surface area contributed by atoms with Gasteiger partial charge in [-0.25, -0.2) is 0 Å². The average Bonchev–Trinajstić information content (AvgIpc) is 2.81. The van der Waals surface area contributed by atoms with Crippen molar-refractivity contribution in [3.05, 3.63) is 51.3 Å². The number of carbonyl (C=O) groups excluding carboxylic acids is 3. The summed E-state index contributed by atoms with van der Waals surface area (Å²) in [4.78, 5) is 47.4. The summed E-state index contributed by atoms with van der Waals surface area (Å²) < 4.78 is 6.17.